The molecular weight excluding hydrogens is 228 g/mol. The van der Waals surface area contributed by atoms with E-state index in [4.69, 9.17) is 5.84 Å². The Morgan fingerprint density at radius 3 is 2.69 bits per heavy atom. The second-order valence-corrected chi connectivity index (χ2v) is 6.15. The van der Waals surface area contributed by atoms with Crippen LogP contribution in [0, 0.1) is 0 Å². The van der Waals surface area contributed by atoms with Crippen molar-refractivity contribution in [2.45, 2.75) is 31.7 Å². The maximum Gasteiger partial charge on any atom is 0.152 e. The van der Waals surface area contributed by atoms with Gasteiger partial charge in [0.15, 0.2) is 9.84 Å². The number of imidazole rings is 1. The molecule has 0 radical (unpaired) electrons. The molecule has 0 amide bonds. The Morgan fingerprint density at radius 2 is 2.25 bits per heavy atom. The van der Waals surface area contributed by atoms with Gasteiger partial charge in [-0.15, -0.1) is 0 Å². The summed E-state index contributed by atoms with van der Waals surface area (Å²) in [5.41, 5.74) is 2.52. The van der Waals surface area contributed by atoms with Gasteiger partial charge in [-0.2, -0.15) is 0 Å². The minimum absolute atomic E-state index is 0.495. The molecule has 0 aliphatic heterocycles. The third kappa shape index (κ3) is 2.60. The van der Waals surface area contributed by atoms with Gasteiger partial charge in [-0.05, 0) is 13.8 Å². The lowest BCUT2D eigenvalue weighted by Gasteiger charge is -2.21. The molecule has 2 unspecified atom stereocenters. The van der Waals surface area contributed by atoms with Crippen molar-refractivity contribution in [2.24, 2.45) is 5.84 Å². The SMILES string of the molecule is CCn1ccnc1C(NN)C(C)S(C)(=O)=O. The van der Waals surface area contributed by atoms with Crippen LogP contribution in [0.15, 0.2) is 12.4 Å². The zero-order valence-electron chi connectivity index (χ0n) is 9.71. The van der Waals surface area contributed by atoms with Crippen LogP contribution in [-0.2, 0) is 16.4 Å². The lowest BCUT2D eigenvalue weighted by molar-refractivity contribution is 0.474. The fourth-order valence-electron chi connectivity index (χ4n) is 1.53. The third-order valence-electron chi connectivity index (χ3n) is 2.69. The number of nitrogens with two attached hydrogens (primary N) is 1. The summed E-state index contributed by atoms with van der Waals surface area (Å²) in [4.78, 5) is 4.15. The first-order valence-corrected chi connectivity index (χ1v) is 7.03. The van der Waals surface area contributed by atoms with Crippen molar-refractivity contribution >= 4 is 9.84 Å². The Bertz CT molecular complexity index is 440. The van der Waals surface area contributed by atoms with Gasteiger partial charge in [0.1, 0.15) is 5.82 Å². The largest absolute Gasteiger partial charge is 0.334 e. The number of sulfone groups is 1. The highest BCUT2D eigenvalue weighted by Crippen LogP contribution is 2.19. The van der Waals surface area contributed by atoms with Crippen molar-refractivity contribution in [1.29, 1.82) is 0 Å². The van der Waals surface area contributed by atoms with Gasteiger partial charge in [0, 0.05) is 25.2 Å². The molecule has 0 aliphatic carbocycles. The van der Waals surface area contributed by atoms with E-state index < -0.39 is 21.1 Å². The van der Waals surface area contributed by atoms with Crippen LogP contribution in [0.4, 0.5) is 0 Å². The summed E-state index contributed by atoms with van der Waals surface area (Å²) in [6.07, 6.45) is 4.63. The molecule has 2 atom stereocenters. The summed E-state index contributed by atoms with van der Waals surface area (Å²) in [5, 5.41) is -0.620. The first kappa shape index (κ1) is 13.1. The highest BCUT2D eigenvalue weighted by molar-refractivity contribution is 7.91. The molecule has 16 heavy (non-hydrogen) atoms. The van der Waals surface area contributed by atoms with Crippen LogP contribution in [0.25, 0.3) is 0 Å². The first-order chi connectivity index (χ1) is 7.41. The average Bonchev–Trinajstić information content (AvgIpc) is 2.65. The van der Waals surface area contributed by atoms with Crippen LogP contribution in [0.1, 0.15) is 25.7 Å². The Labute approximate surface area is 95.7 Å². The molecule has 3 N–H and O–H groups in total. The standard InChI is InChI=1S/C9H18N4O2S/c1-4-13-6-5-11-9(13)8(12-10)7(2)16(3,14)15/h5-8,12H,4,10H2,1-3H3. The number of hydrazine groups is 1. The van der Waals surface area contributed by atoms with E-state index in [1.54, 1.807) is 19.3 Å². The number of aryl methyl sites for hydroxylation is 1. The predicted molar refractivity (Wildman–Crippen MR) is 62.3 cm³/mol. The van der Waals surface area contributed by atoms with Crippen molar-refractivity contribution in [3.05, 3.63) is 18.2 Å². The molecule has 0 spiro atoms. The topological polar surface area (TPSA) is 90.0 Å². The number of nitrogens with one attached hydrogen (secondary N) is 1. The summed E-state index contributed by atoms with van der Waals surface area (Å²) in [7, 11) is -3.16. The summed E-state index contributed by atoms with van der Waals surface area (Å²) < 4.78 is 24.9. The molecule has 0 aromatic carbocycles. The van der Waals surface area contributed by atoms with Crippen molar-refractivity contribution in [3.63, 3.8) is 0 Å². The van der Waals surface area contributed by atoms with Crippen LogP contribution in [0.3, 0.4) is 0 Å². The predicted octanol–water partition coefficient (Wildman–Crippen LogP) is -0.159. The van der Waals surface area contributed by atoms with Crippen molar-refractivity contribution in [1.82, 2.24) is 15.0 Å². The van der Waals surface area contributed by atoms with Crippen LogP contribution in [0.5, 0.6) is 0 Å². The van der Waals surface area contributed by atoms with Gasteiger partial charge in [0.05, 0.1) is 11.3 Å². The highest BCUT2D eigenvalue weighted by Gasteiger charge is 2.29. The van der Waals surface area contributed by atoms with Gasteiger partial charge in [-0.1, -0.05) is 0 Å². The van der Waals surface area contributed by atoms with E-state index in [1.807, 2.05) is 11.5 Å². The lowest BCUT2D eigenvalue weighted by atomic mass is 10.2. The monoisotopic (exact) mass is 246 g/mol. The number of hydrogen-bond donors (Lipinski definition) is 2. The molecule has 7 heteroatoms. The van der Waals surface area contributed by atoms with E-state index in [1.165, 1.54) is 6.26 Å². The van der Waals surface area contributed by atoms with E-state index in [0.29, 0.717) is 5.82 Å². The molecular formula is C9H18N4O2S. The van der Waals surface area contributed by atoms with Crippen molar-refractivity contribution in [2.75, 3.05) is 6.26 Å². The van der Waals surface area contributed by atoms with Crippen LogP contribution < -0.4 is 11.3 Å². The van der Waals surface area contributed by atoms with E-state index in [-0.39, 0.29) is 0 Å². The van der Waals surface area contributed by atoms with Crippen LogP contribution in [0.2, 0.25) is 0 Å². The Balaban J connectivity index is 3.08. The van der Waals surface area contributed by atoms with Gasteiger partial charge in [-0.25, -0.2) is 18.8 Å². The summed E-state index contributed by atoms with van der Waals surface area (Å²) in [6.45, 7) is 4.31. The Hall–Kier alpha value is -0.920. The lowest BCUT2D eigenvalue weighted by Crippen LogP contribution is -2.40. The number of hydrogen-bond acceptors (Lipinski definition) is 5. The molecule has 1 heterocycles. The number of aromatic nitrogens is 2. The summed E-state index contributed by atoms with van der Waals surface area (Å²) in [5.74, 6) is 6.06. The van der Waals surface area contributed by atoms with E-state index in [2.05, 4.69) is 10.4 Å². The molecule has 1 rings (SSSR count). The second-order valence-electron chi connectivity index (χ2n) is 3.75. The zero-order valence-corrected chi connectivity index (χ0v) is 10.5. The van der Waals surface area contributed by atoms with E-state index in [9.17, 15) is 8.42 Å². The van der Waals surface area contributed by atoms with Crippen LogP contribution >= 0.6 is 0 Å². The Morgan fingerprint density at radius 1 is 1.62 bits per heavy atom. The highest BCUT2D eigenvalue weighted by atomic mass is 32.2. The molecule has 6 nitrogen and oxygen atoms in total. The molecule has 0 aliphatic rings. The molecule has 0 saturated carbocycles. The van der Waals surface area contributed by atoms with Gasteiger partial charge in [-0.3, -0.25) is 5.84 Å². The van der Waals surface area contributed by atoms with Crippen LogP contribution in [-0.4, -0.2) is 29.5 Å². The van der Waals surface area contributed by atoms with Gasteiger partial charge < -0.3 is 4.57 Å². The maximum absolute atomic E-state index is 11.5. The minimum atomic E-state index is -3.16. The normalized spacial score (nSPS) is 16.0. The molecule has 0 bridgehead atoms. The molecule has 92 valence electrons. The molecule has 1 aromatic heterocycles. The van der Waals surface area contributed by atoms with Gasteiger partial charge in [0.2, 0.25) is 0 Å². The second kappa shape index (κ2) is 4.94. The molecule has 0 saturated heterocycles. The zero-order chi connectivity index (χ0) is 12.3. The summed E-state index contributed by atoms with van der Waals surface area (Å²) in [6, 6.07) is -0.495. The summed E-state index contributed by atoms with van der Waals surface area (Å²) >= 11 is 0. The third-order valence-corrected chi connectivity index (χ3v) is 4.31. The minimum Gasteiger partial charge on any atom is -0.334 e. The number of nitrogens with zero attached hydrogens (tertiary/aromatic N) is 2. The number of rotatable bonds is 5. The smallest absolute Gasteiger partial charge is 0.152 e. The Kier molecular flexibility index (Phi) is 4.06. The molecule has 1 aromatic rings. The van der Waals surface area contributed by atoms with Crippen molar-refractivity contribution < 1.29 is 8.42 Å². The maximum atomic E-state index is 11.5. The van der Waals surface area contributed by atoms with Gasteiger partial charge in [0.25, 0.3) is 0 Å². The molecule has 0 fully saturated rings. The fraction of sp³-hybridized carbons (Fsp3) is 0.667. The van der Waals surface area contributed by atoms with E-state index >= 15 is 0 Å². The first-order valence-electron chi connectivity index (χ1n) is 5.07. The van der Waals surface area contributed by atoms with E-state index in [0.717, 1.165) is 6.54 Å². The van der Waals surface area contributed by atoms with Gasteiger partial charge >= 0.3 is 0 Å². The average molecular weight is 246 g/mol. The van der Waals surface area contributed by atoms with Crippen molar-refractivity contribution in [3.8, 4) is 0 Å². The quantitative estimate of drug-likeness (QED) is 0.556. The fourth-order valence-corrected chi connectivity index (χ4v) is 2.23.